The van der Waals surface area contributed by atoms with Crippen LogP contribution in [-0.2, 0) is 9.53 Å². The molecule has 1 atom stereocenters. The Kier molecular flexibility index (Phi) is 5.21. The van der Waals surface area contributed by atoms with Crippen molar-refractivity contribution >= 4 is 17.8 Å². The van der Waals surface area contributed by atoms with Crippen LogP contribution in [0.25, 0.3) is 0 Å². The van der Waals surface area contributed by atoms with Crippen LogP contribution in [0.4, 0.5) is 0 Å². The summed E-state index contributed by atoms with van der Waals surface area (Å²) in [5.74, 6) is -1.17. The summed E-state index contributed by atoms with van der Waals surface area (Å²) >= 11 is 0. The minimum atomic E-state index is -1.14. The minimum Gasteiger partial charge on any atom is -0.497 e. The molecule has 9 nitrogen and oxygen atoms in total. The Morgan fingerprint density at radius 3 is 2.53 bits per heavy atom. The first kappa shape index (κ1) is 20.0. The van der Waals surface area contributed by atoms with E-state index in [1.54, 1.807) is 35.2 Å². The normalized spacial score (nSPS) is 20.4. The van der Waals surface area contributed by atoms with Crippen LogP contribution >= 0.6 is 0 Å². The van der Waals surface area contributed by atoms with Crippen molar-refractivity contribution in [3.05, 3.63) is 54.0 Å². The van der Waals surface area contributed by atoms with Gasteiger partial charge in [-0.15, -0.1) is 0 Å². The van der Waals surface area contributed by atoms with Gasteiger partial charge in [-0.05, 0) is 30.3 Å². The molecule has 1 spiro atoms. The van der Waals surface area contributed by atoms with Crippen LogP contribution in [-0.4, -0.2) is 71.3 Å². The van der Waals surface area contributed by atoms with Gasteiger partial charge in [0.25, 0.3) is 11.8 Å². The van der Waals surface area contributed by atoms with Gasteiger partial charge in [-0.3, -0.25) is 14.5 Å². The van der Waals surface area contributed by atoms with Gasteiger partial charge in [-0.2, -0.15) is 0 Å². The van der Waals surface area contributed by atoms with Crippen LogP contribution in [0.15, 0.2) is 47.1 Å². The first-order chi connectivity index (χ1) is 14.4. The molecule has 158 valence electrons. The van der Waals surface area contributed by atoms with E-state index in [2.05, 4.69) is 0 Å². The Labute approximate surface area is 172 Å². The van der Waals surface area contributed by atoms with Crippen LogP contribution in [0.5, 0.6) is 5.75 Å². The van der Waals surface area contributed by atoms with Gasteiger partial charge in [0, 0.05) is 31.5 Å². The fraction of sp³-hybridized carbons (Fsp3) is 0.381. The van der Waals surface area contributed by atoms with Crippen molar-refractivity contribution in [1.82, 2.24) is 9.80 Å². The number of amides is 2. The number of furan rings is 1. The second-order valence-corrected chi connectivity index (χ2v) is 7.29. The van der Waals surface area contributed by atoms with E-state index in [1.807, 2.05) is 0 Å². The lowest BCUT2D eigenvalue weighted by molar-refractivity contribution is -0.143. The summed E-state index contributed by atoms with van der Waals surface area (Å²) in [6.07, 6.45) is 1.97. The van der Waals surface area contributed by atoms with Gasteiger partial charge >= 0.3 is 5.97 Å². The lowest BCUT2D eigenvalue weighted by Gasteiger charge is -2.43. The molecule has 1 aromatic heterocycles. The highest BCUT2D eigenvalue weighted by Crippen LogP contribution is 2.38. The summed E-state index contributed by atoms with van der Waals surface area (Å²) in [4.78, 5) is 40.6. The average molecular weight is 414 g/mol. The monoisotopic (exact) mass is 414 g/mol. The highest BCUT2D eigenvalue weighted by atomic mass is 16.5. The number of aliphatic carboxylic acids is 1. The molecule has 30 heavy (non-hydrogen) atoms. The molecule has 2 aromatic rings. The highest BCUT2D eigenvalue weighted by Gasteiger charge is 2.54. The Morgan fingerprint density at radius 1 is 1.13 bits per heavy atom. The zero-order chi connectivity index (χ0) is 21.3. The number of rotatable bonds is 4. The molecule has 0 saturated carbocycles. The number of carbonyl (C=O) groups excluding carboxylic acids is 2. The zero-order valence-electron chi connectivity index (χ0n) is 16.4. The number of ether oxygens (including phenoxy) is 2. The Hall–Kier alpha value is -3.33. The number of hydrogen-bond acceptors (Lipinski definition) is 6. The molecule has 2 aliphatic heterocycles. The van der Waals surface area contributed by atoms with Gasteiger partial charge in [-0.1, -0.05) is 6.07 Å². The molecule has 2 fully saturated rings. The molecule has 2 aliphatic rings. The van der Waals surface area contributed by atoms with Crippen molar-refractivity contribution in [3.8, 4) is 5.75 Å². The molecular formula is C21H22N2O7. The molecule has 2 amide bonds. The smallest absolute Gasteiger partial charge is 0.328 e. The van der Waals surface area contributed by atoms with Crippen LogP contribution in [0, 0.1) is 0 Å². The zero-order valence-corrected chi connectivity index (χ0v) is 16.4. The molecule has 0 unspecified atom stereocenters. The molecule has 9 heteroatoms. The van der Waals surface area contributed by atoms with Crippen molar-refractivity contribution in [1.29, 1.82) is 0 Å². The van der Waals surface area contributed by atoms with Crippen LogP contribution in [0.2, 0.25) is 0 Å². The number of benzene rings is 1. The van der Waals surface area contributed by atoms with E-state index >= 15 is 0 Å². The Balaban J connectivity index is 1.53. The molecule has 0 radical (unpaired) electrons. The topological polar surface area (TPSA) is 110 Å². The third-order valence-electron chi connectivity index (χ3n) is 5.65. The van der Waals surface area contributed by atoms with Gasteiger partial charge < -0.3 is 23.9 Å². The fourth-order valence-corrected chi connectivity index (χ4v) is 4.07. The predicted molar refractivity (Wildman–Crippen MR) is 103 cm³/mol. The van der Waals surface area contributed by atoms with E-state index < -0.39 is 23.6 Å². The van der Waals surface area contributed by atoms with E-state index in [4.69, 9.17) is 13.9 Å². The Morgan fingerprint density at radius 2 is 1.90 bits per heavy atom. The van der Waals surface area contributed by atoms with Gasteiger partial charge in [0.05, 0.1) is 20.0 Å². The van der Waals surface area contributed by atoms with Crippen molar-refractivity contribution in [2.75, 3.05) is 26.8 Å². The molecule has 4 rings (SSSR count). The quantitative estimate of drug-likeness (QED) is 0.813. The number of nitrogens with zero attached hydrogens (tertiary/aromatic N) is 2. The molecule has 1 aromatic carbocycles. The minimum absolute atomic E-state index is 0.0565. The maximum Gasteiger partial charge on any atom is 0.328 e. The first-order valence-corrected chi connectivity index (χ1v) is 9.62. The number of carbonyl (C=O) groups is 3. The van der Waals surface area contributed by atoms with Crippen molar-refractivity contribution in [2.45, 2.75) is 24.6 Å². The van der Waals surface area contributed by atoms with Crippen molar-refractivity contribution in [2.24, 2.45) is 0 Å². The lowest BCUT2D eigenvalue weighted by atomic mass is 9.96. The van der Waals surface area contributed by atoms with Gasteiger partial charge in [0.1, 0.15) is 11.5 Å². The third kappa shape index (κ3) is 3.41. The highest BCUT2D eigenvalue weighted by molar-refractivity contribution is 5.96. The molecule has 2 saturated heterocycles. The summed E-state index contributed by atoms with van der Waals surface area (Å²) in [6, 6.07) is 8.86. The number of carboxylic acids is 1. The molecule has 3 heterocycles. The molecular weight excluding hydrogens is 392 g/mol. The molecule has 1 N–H and O–H groups in total. The summed E-state index contributed by atoms with van der Waals surface area (Å²) in [6.45, 7) is 0.542. The summed E-state index contributed by atoms with van der Waals surface area (Å²) in [5, 5.41) is 9.60. The fourth-order valence-electron chi connectivity index (χ4n) is 4.07. The van der Waals surface area contributed by atoms with Crippen molar-refractivity contribution in [3.63, 3.8) is 0 Å². The number of carboxylic acid groups (broad SMARTS) is 1. The largest absolute Gasteiger partial charge is 0.497 e. The standard InChI is InChI=1S/C21H22N2O7/c1-28-15-5-2-4-14(12-15)18(24)22-9-7-21(8-10-22)23(16(13-30-21)20(26)27)19(25)17-6-3-11-29-17/h2-6,11-12,16H,7-10,13H2,1H3,(H,26,27)/t16-/m0/s1. The second-order valence-electron chi connectivity index (χ2n) is 7.29. The number of likely N-dealkylation sites (tertiary alicyclic amines) is 1. The number of methoxy groups -OCH3 is 1. The van der Waals surface area contributed by atoms with E-state index in [9.17, 15) is 19.5 Å². The lowest BCUT2D eigenvalue weighted by Crippen LogP contribution is -2.58. The maximum absolute atomic E-state index is 13.0. The van der Waals surface area contributed by atoms with Crippen LogP contribution in [0.3, 0.4) is 0 Å². The van der Waals surface area contributed by atoms with Crippen molar-refractivity contribution < 1.29 is 33.4 Å². The second kappa shape index (κ2) is 7.83. The van der Waals surface area contributed by atoms with E-state index in [0.717, 1.165) is 0 Å². The number of piperidine rings is 1. The van der Waals surface area contributed by atoms with E-state index in [-0.39, 0.29) is 18.3 Å². The summed E-state index contributed by atoms with van der Waals surface area (Å²) in [5.41, 5.74) is -0.581. The first-order valence-electron chi connectivity index (χ1n) is 9.62. The SMILES string of the molecule is COc1cccc(C(=O)N2CCC3(CC2)OC[C@@H](C(=O)O)N3C(=O)c2ccco2)c1. The third-order valence-corrected chi connectivity index (χ3v) is 5.65. The van der Waals surface area contributed by atoms with Gasteiger partial charge in [0.2, 0.25) is 0 Å². The van der Waals surface area contributed by atoms with Gasteiger partial charge in [0.15, 0.2) is 11.8 Å². The predicted octanol–water partition coefficient (Wildman–Crippen LogP) is 1.85. The summed E-state index contributed by atoms with van der Waals surface area (Å²) in [7, 11) is 1.54. The van der Waals surface area contributed by atoms with Crippen LogP contribution in [0.1, 0.15) is 33.8 Å². The Bertz CT molecular complexity index is 948. The maximum atomic E-state index is 13.0. The van der Waals surface area contributed by atoms with Crippen LogP contribution < -0.4 is 4.74 Å². The molecule has 0 bridgehead atoms. The van der Waals surface area contributed by atoms with Gasteiger partial charge in [-0.25, -0.2) is 4.79 Å². The van der Waals surface area contributed by atoms with E-state index in [1.165, 1.54) is 24.3 Å². The average Bonchev–Trinajstić information content (AvgIpc) is 3.42. The van der Waals surface area contributed by atoms with E-state index in [0.29, 0.717) is 37.2 Å². The number of hydrogen-bond donors (Lipinski definition) is 1. The summed E-state index contributed by atoms with van der Waals surface area (Å²) < 4.78 is 16.3. The molecule has 0 aliphatic carbocycles.